The first kappa shape index (κ1) is 18.3. The van der Waals surface area contributed by atoms with Gasteiger partial charge >= 0.3 is 0 Å². The second-order valence-corrected chi connectivity index (χ2v) is 8.73. The summed E-state index contributed by atoms with van der Waals surface area (Å²) in [6, 6.07) is 38.8. The van der Waals surface area contributed by atoms with E-state index >= 15 is 0 Å². The average molecular weight is 424 g/mol. The highest BCUT2D eigenvalue weighted by Gasteiger charge is 2.14. The molecule has 0 N–H and O–H groups in total. The summed E-state index contributed by atoms with van der Waals surface area (Å²) in [4.78, 5) is 0. The number of rotatable bonds is 2. The van der Waals surface area contributed by atoms with Gasteiger partial charge in [0.25, 0.3) is 0 Å². The quantitative estimate of drug-likeness (QED) is 0.272. The van der Waals surface area contributed by atoms with Crippen LogP contribution in [0, 0.1) is 6.92 Å². The number of aryl methyl sites for hydroxylation is 1. The van der Waals surface area contributed by atoms with Crippen LogP contribution in [0.25, 0.3) is 60.6 Å². The maximum atomic E-state index is 6.20. The lowest BCUT2D eigenvalue weighted by Crippen LogP contribution is -1.93. The average Bonchev–Trinajstić information content (AvgIpc) is 3.39. The summed E-state index contributed by atoms with van der Waals surface area (Å²) in [5.74, 6) is 0. The monoisotopic (exact) mass is 423 g/mol. The molecule has 0 amide bonds. The Balaban J connectivity index is 1.51. The number of hydrogen-bond donors (Lipinski definition) is 0. The van der Waals surface area contributed by atoms with E-state index in [4.69, 9.17) is 4.42 Å². The lowest BCUT2D eigenvalue weighted by Gasteiger charge is -2.08. The number of nitrogens with zero attached hydrogens (tertiary/aromatic N) is 1. The van der Waals surface area contributed by atoms with Crippen LogP contribution in [-0.2, 0) is 0 Å². The number of benzene rings is 5. The summed E-state index contributed by atoms with van der Waals surface area (Å²) in [6.45, 7) is 2.15. The summed E-state index contributed by atoms with van der Waals surface area (Å²) in [7, 11) is 0. The minimum absolute atomic E-state index is 0.913. The molecular formula is C31H21NO. The highest BCUT2D eigenvalue weighted by Crippen LogP contribution is 2.37. The maximum Gasteiger partial charge on any atom is 0.135 e. The third kappa shape index (κ3) is 2.74. The van der Waals surface area contributed by atoms with Crippen molar-refractivity contribution >= 4 is 43.7 Å². The van der Waals surface area contributed by atoms with Crippen LogP contribution in [-0.4, -0.2) is 4.57 Å². The molecule has 2 aromatic heterocycles. The van der Waals surface area contributed by atoms with E-state index in [1.165, 1.54) is 38.5 Å². The molecule has 0 unspecified atom stereocenters. The zero-order valence-corrected chi connectivity index (χ0v) is 18.2. The molecular weight excluding hydrogens is 402 g/mol. The lowest BCUT2D eigenvalue weighted by atomic mass is 10.0. The molecule has 0 radical (unpaired) electrons. The van der Waals surface area contributed by atoms with E-state index in [-0.39, 0.29) is 0 Å². The van der Waals surface area contributed by atoms with Crippen LogP contribution < -0.4 is 0 Å². The first-order chi connectivity index (χ1) is 16.3. The SMILES string of the molecule is Cc1ccc2c(c1)c1ccccc1n2-c1ccc2oc3ccc(-c4ccccc4)cc3c2c1. The summed E-state index contributed by atoms with van der Waals surface area (Å²) in [5.41, 5.74) is 9.09. The third-order valence-corrected chi connectivity index (χ3v) is 6.65. The summed E-state index contributed by atoms with van der Waals surface area (Å²) in [6.07, 6.45) is 0. The maximum absolute atomic E-state index is 6.20. The summed E-state index contributed by atoms with van der Waals surface area (Å²) < 4.78 is 8.56. The van der Waals surface area contributed by atoms with Gasteiger partial charge < -0.3 is 8.98 Å². The van der Waals surface area contributed by atoms with Gasteiger partial charge in [0.05, 0.1) is 11.0 Å². The molecule has 2 heteroatoms. The van der Waals surface area contributed by atoms with E-state index in [2.05, 4.69) is 121 Å². The van der Waals surface area contributed by atoms with Crippen LogP contribution in [0.3, 0.4) is 0 Å². The van der Waals surface area contributed by atoms with E-state index in [1.807, 2.05) is 0 Å². The second kappa shape index (κ2) is 6.85. The Morgan fingerprint density at radius 3 is 2.12 bits per heavy atom. The van der Waals surface area contributed by atoms with Gasteiger partial charge in [-0.25, -0.2) is 0 Å². The Morgan fingerprint density at radius 2 is 1.24 bits per heavy atom. The predicted octanol–water partition coefficient (Wildman–Crippen LogP) is 8.66. The van der Waals surface area contributed by atoms with E-state index < -0.39 is 0 Å². The van der Waals surface area contributed by atoms with E-state index in [1.54, 1.807) is 0 Å². The molecule has 33 heavy (non-hydrogen) atoms. The standard InChI is InChI=1S/C31H21NO/c1-20-11-14-29-25(17-20)24-9-5-6-10-28(24)32(29)23-13-16-31-27(19-23)26-18-22(12-15-30(26)33-31)21-7-3-2-4-8-21/h2-19H,1H3. The fraction of sp³-hybridized carbons (Fsp3) is 0.0323. The van der Waals surface area contributed by atoms with Crippen LogP contribution in [0.2, 0.25) is 0 Å². The Hall–Kier alpha value is -4.30. The summed E-state index contributed by atoms with van der Waals surface area (Å²) in [5, 5.41) is 4.84. The molecule has 0 fully saturated rings. The van der Waals surface area contributed by atoms with Gasteiger partial charge in [-0.05, 0) is 66.6 Å². The smallest absolute Gasteiger partial charge is 0.135 e. The molecule has 2 nitrogen and oxygen atoms in total. The predicted molar refractivity (Wildman–Crippen MR) is 138 cm³/mol. The number of hydrogen-bond acceptors (Lipinski definition) is 1. The Kier molecular flexibility index (Phi) is 3.80. The van der Waals surface area contributed by atoms with Crippen molar-refractivity contribution in [3.05, 3.63) is 115 Å². The van der Waals surface area contributed by atoms with Crippen molar-refractivity contribution in [1.29, 1.82) is 0 Å². The number of aromatic nitrogens is 1. The van der Waals surface area contributed by atoms with Gasteiger partial charge in [0.15, 0.2) is 0 Å². The first-order valence-corrected chi connectivity index (χ1v) is 11.3. The molecule has 7 aromatic rings. The van der Waals surface area contributed by atoms with E-state index in [0.717, 1.165) is 27.6 Å². The van der Waals surface area contributed by atoms with Crippen molar-refractivity contribution < 1.29 is 4.42 Å². The van der Waals surface area contributed by atoms with Crippen molar-refractivity contribution in [2.75, 3.05) is 0 Å². The molecule has 0 spiro atoms. The van der Waals surface area contributed by atoms with Crippen molar-refractivity contribution in [2.45, 2.75) is 6.92 Å². The topological polar surface area (TPSA) is 18.1 Å². The molecule has 0 aliphatic rings. The van der Waals surface area contributed by atoms with Crippen molar-refractivity contribution in [2.24, 2.45) is 0 Å². The molecule has 7 rings (SSSR count). The van der Waals surface area contributed by atoms with Gasteiger partial charge in [0.2, 0.25) is 0 Å². The molecule has 0 atom stereocenters. The number of furan rings is 1. The second-order valence-electron chi connectivity index (χ2n) is 8.73. The van der Waals surface area contributed by atoms with Gasteiger partial charge in [-0.2, -0.15) is 0 Å². The van der Waals surface area contributed by atoms with Crippen LogP contribution in [0.15, 0.2) is 114 Å². The molecule has 0 aliphatic carbocycles. The lowest BCUT2D eigenvalue weighted by molar-refractivity contribution is 0.669. The fourth-order valence-electron chi connectivity index (χ4n) is 5.08. The van der Waals surface area contributed by atoms with Crippen LogP contribution in [0.1, 0.15) is 5.56 Å². The van der Waals surface area contributed by atoms with Crippen molar-refractivity contribution in [1.82, 2.24) is 4.57 Å². The van der Waals surface area contributed by atoms with Crippen LogP contribution in [0.4, 0.5) is 0 Å². The molecule has 0 aliphatic heterocycles. The minimum atomic E-state index is 0.913. The molecule has 0 bridgehead atoms. The number of para-hydroxylation sites is 1. The molecule has 0 saturated carbocycles. The van der Waals surface area contributed by atoms with Gasteiger partial charge in [-0.1, -0.05) is 66.2 Å². The van der Waals surface area contributed by atoms with Gasteiger partial charge in [-0.3, -0.25) is 0 Å². The normalized spacial score (nSPS) is 11.8. The highest BCUT2D eigenvalue weighted by atomic mass is 16.3. The Labute approximate surface area is 191 Å². The van der Waals surface area contributed by atoms with Gasteiger partial charge in [-0.15, -0.1) is 0 Å². The molecule has 156 valence electrons. The largest absolute Gasteiger partial charge is 0.456 e. The van der Waals surface area contributed by atoms with Crippen LogP contribution >= 0.6 is 0 Å². The Bertz CT molecular complexity index is 1820. The third-order valence-electron chi connectivity index (χ3n) is 6.65. The minimum Gasteiger partial charge on any atom is -0.456 e. The first-order valence-electron chi connectivity index (χ1n) is 11.3. The van der Waals surface area contributed by atoms with Crippen molar-refractivity contribution in [3.8, 4) is 16.8 Å². The summed E-state index contributed by atoms with van der Waals surface area (Å²) >= 11 is 0. The van der Waals surface area contributed by atoms with Crippen molar-refractivity contribution in [3.63, 3.8) is 0 Å². The molecule has 2 heterocycles. The highest BCUT2D eigenvalue weighted by molar-refractivity contribution is 6.11. The van der Waals surface area contributed by atoms with Gasteiger partial charge in [0, 0.05) is 27.2 Å². The van der Waals surface area contributed by atoms with E-state index in [0.29, 0.717) is 0 Å². The van der Waals surface area contributed by atoms with Gasteiger partial charge in [0.1, 0.15) is 11.2 Å². The Morgan fingerprint density at radius 1 is 0.515 bits per heavy atom. The molecule has 5 aromatic carbocycles. The van der Waals surface area contributed by atoms with Crippen LogP contribution in [0.5, 0.6) is 0 Å². The number of fused-ring (bicyclic) bond motifs is 6. The zero-order chi connectivity index (χ0) is 21.9. The fourth-order valence-corrected chi connectivity index (χ4v) is 5.08. The zero-order valence-electron chi connectivity index (χ0n) is 18.2. The van der Waals surface area contributed by atoms with E-state index in [9.17, 15) is 0 Å². The molecule has 0 saturated heterocycles.